The maximum atomic E-state index is 12.4. The molecular formula is C19H16N2O3S2. The Balaban J connectivity index is 1.91. The molecule has 1 aromatic heterocycles. The third-order valence-electron chi connectivity index (χ3n) is 3.76. The molecule has 7 heteroatoms. The minimum Gasteiger partial charge on any atom is -0.305 e. The molecule has 0 saturated carbocycles. The van der Waals surface area contributed by atoms with E-state index in [1.165, 1.54) is 23.5 Å². The van der Waals surface area contributed by atoms with Crippen LogP contribution in [0.4, 0.5) is 0 Å². The zero-order valence-corrected chi connectivity index (χ0v) is 15.7. The van der Waals surface area contributed by atoms with Gasteiger partial charge in [-0.3, -0.25) is 4.79 Å². The molecule has 0 fully saturated rings. The Morgan fingerprint density at radius 3 is 2.54 bits per heavy atom. The second-order valence-corrected chi connectivity index (χ2v) is 8.77. The van der Waals surface area contributed by atoms with Crippen LogP contribution in [0, 0.1) is 12.3 Å². The van der Waals surface area contributed by atoms with Crippen LogP contribution in [0.3, 0.4) is 0 Å². The smallest absolute Gasteiger partial charge is 0.252 e. The van der Waals surface area contributed by atoms with Crippen LogP contribution in [-0.4, -0.2) is 25.1 Å². The van der Waals surface area contributed by atoms with E-state index < -0.39 is 9.84 Å². The SMILES string of the molecule is C#CCn1c(=NC(=O)Cc2ccc(S(C)(=O)=O)cc2)sc2ccccc21. The average molecular weight is 384 g/mol. The fourth-order valence-electron chi connectivity index (χ4n) is 2.53. The molecule has 0 spiro atoms. The Hall–Kier alpha value is -2.69. The molecule has 132 valence electrons. The fraction of sp³-hybridized carbons (Fsp3) is 0.158. The average Bonchev–Trinajstić information content (AvgIpc) is 2.92. The molecule has 0 unspecified atom stereocenters. The van der Waals surface area contributed by atoms with E-state index in [9.17, 15) is 13.2 Å². The number of carbonyl (C=O) groups is 1. The molecule has 0 aliphatic rings. The summed E-state index contributed by atoms with van der Waals surface area (Å²) in [6.45, 7) is 0.333. The number of hydrogen-bond donors (Lipinski definition) is 0. The number of amides is 1. The highest BCUT2D eigenvalue weighted by molar-refractivity contribution is 7.90. The number of carbonyl (C=O) groups excluding carboxylic acids is 1. The number of para-hydroxylation sites is 1. The molecule has 0 bridgehead atoms. The summed E-state index contributed by atoms with van der Waals surface area (Å²) in [6.07, 6.45) is 6.68. The second kappa shape index (κ2) is 7.28. The fourth-order valence-corrected chi connectivity index (χ4v) is 4.20. The summed E-state index contributed by atoms with van der Waals surface area (Å²) in [7, 11) is -3.25. The number of fused-ring (bicyclic) bond motifs is 1. The van der Waals surface area contributed by atoms with Gasteiger partial charge < -0.3 is 4.57 Å². The number of benzene rings is 2. The highest BCUT2D eigenvalue weighted by atomic mass is 32.2. The van der Waals surface area contributed by atoms with Crippen LogP contribution in [0.5, 0.6) is 0 Å². The lowest BCUT2D eigenvalue weighted by Gasteiger charge is -2.01. The van der Waals surface area contributed by atoms with Crippen molar-refractivity contribution in [2.45, 2.75) is 17.9 Å². The molecule has 2 aromatic carbocycles. The highest BCUT2D eigenvalue weighted by Crippen LogP contribution is 2.16. The first kappa shape index (κ1) is 18.1. The number of thiazole rings is 1. The Bertz CT molecular complexity index is 1180. The van der Waals surface area contributed by atoms with E-state index in [1.807, 2.05) is 28.8 Å². The minimum absolute atomic E-state index is 0.0916. The summed E-state index contributed by atoms with van der Waals surface area (Å²) in [5, 5.41) is 0. The zero-order valence-electron chi connectivity index (χ0n) is 14.0. The first-order valence-electron chi connectivity index (χ1n) is 7.77. The van der Waals surface area contributed by atoms with Crippen molar-refractivity contribution in [3.05, 3.63) is 58.9 Å². The lowest BCUT2D eigenvalue weighted by Crippen LogP contribution is -2.17. The predicted molar refractivity (Wildman–Crippen MR) is 102 cm³/mol. The number of hydrogen-bond acceptors (Lipinski definition) is 4. The van der Waals surface area contributed by atoms with Gasteiger partial charge in [0.2, 0.25) is 0 Å². The van der Waals surface area contributed by atoms with Gasteiger partial charge in [0.1, 0.15) is 0 Å². The van der Waals surface area contributed by atoms with Crippen LogP contribution in [0.2, 0.25) is 0 Å². The van der Waals surface area contributed by atoms with Crippen LogP contribution in [-0.2, 0) is 27.6 Å². The van der Waals surface area contributed by atoms with Gasteiger partial charge in [0.25, 0.3) is 5.91 Å². The van der Waals surface area contributed by atoms with E-state index in [2.05, 4.69) is 10.9 Å². The van der Waals surface area contributed by atoms with Crippen LogP contribution in [0.1, 0.15) is 5.56 Å². The molecule has 0 saturated heterocycles. The van der Waals surface area contributed by atoms with Gasteiger partial charge in [0.05, 0.1) is 28.1 Å². The van der Waals surface area contributed by atoms with Crippen LogP contribution in [0.25, 0.3) is 10.2 Å². The summed E-state index contributed by atoms with van der Waals surface area (Å²) in [5.41, 5.74) is 1.65. The van der Waals surface area contributed by atoms with Crippen molar-refractivity contribution in [3.63, 3.8) is 0 Å². The summed E-state index contributed by atoms with van der Waals surface area (Å²) >= 11 is 1.41. The van der Waals surface area contributed by atoms with Gasteiger partial charge in [-0.2, -0.15) is 4.99 Å². The Labute approximate surface area is 155 Å². The van der Waals surface area contributed by atoms with Gasteiger partial charge in [-0.15, -0.1) is 6.42 Å². The summed E-state index contributed by atoms with van der Waals surface area (Å²) in [6, 6.07) is 14.0. The molecule has 3 rings (SSSR count). The summed E-state index contributed by atoms with van der Waals surface area (Å²) < 4.78 is 25.8. The van der Waals surface area contributed by atoms with Gasteiger partial charge in [-0.05, 0) is 29.8 Å². The van der Waals surface area contributed by atoms with Crippen molar-refractivity contribution >= 4 is 37.3 Å². The van der Waals surface area contributed by atoms with E-state index in [4.69, 9.17) is 6.42 Å². The minimum atomic E-state index is -3.25. The molecule has 0 atom stereocenters. The molecular weight excluding hydrogens is 368 g/mol. The zero-order chi connectivity index (χ0) is 18.7. The van der Waals surface area contributed by atoms with Crippen LogP contribution in [0.15, 0.2) is 58.4 Å². The summed E-state index contributed by atoms with van der Waals surface area (Å²) in [5.74, 6) is 2.28. The first-order chi connectivity index (χ1) is 12.4. The van der Waals surface area contributed by atoms with Crippen molar-refractivity contribution in [2.24, 2.45) is 4.99 Å². The van der Waals surface area contributed by atoms with Crippen molar-refractivity contribution in [2.75, 3.05) is 6.26 Å². The number of nitrogens with zero attached hydrogens (tertiary/aromatic N) is 2. The van der Waals surface area contributed by atoms with Crippen molar-refractivity contribution in [1.29, 1.82) is 0 Å². The monoisotopic (exact) mass is 384 g/mol. The molecule has 1 heterocycles. The quantitative estimate of drug-likeness (QED) is 0.649. The van der Waals surface area contributed by atoms with Crippen LogP contribution >= 0.6 is 11.3 Å². The maximum Gasteiger partial charge on any atom is 0.252 e. The normalized spacial score (nSPS) is 12.2. The number of terminal acetylenes is 1. The molecule has 0 aliphatic carbocycles. The van der Waals surface area contributed by atoms with Crippen LogP contribution < -0.4 is 4.80 Å². The summed E-state index contributed by atoms with van der Waals surface area (Å²) in [4.78, 5) is 17.3. The molecule has 0 N–H and O–H groups in total. The number of rotatable bonds is 4. The Morgan fingerprint density at radius 2 is 1.88 bits per heavy atom. The topological polar surface area (TPSA) is 68.5 Å². The number of sulfone groups is 1. The van der Waals surface area contributed by atoms with E-state index in [-0.39, 0.29) is 17.2 Å². The first-order valence-corrected chi connectivity index (χ1v) is 10.5. The van der Waals surface area contributed by atoms with E-state index >= 15 is 0 Å². The molecule has 3 aromatic rings. The Kier molecular flexibility index (Phi) is 5.07. The number of aromatic nitrogens is 1. The van der Waals surface area contributed by atoms with Crippen molar-refractivity contribution in [3.8, 4) is 12.3 Å². The lowest BCUT2D eigenvalue weighted by atomic mass is 10.1. The maximum absolute atomic E-state index is 12.4. The van der Waals surface area contributed by atoms with Gasteiger partial charge in [0, 0.05) is 6.26 Å². The molecule has 1 amide bonds. The third kappa shape index (κ3) is 3.93. The van der Waals surface area contributed by atoms with Gasteiger partial charge in [-0.25, -0.2) is 8.42 Å². The van der Waals surface area contributed by atoms with E-state index in [1.54, 1.807) is 12.1 Å². The molecule has 5 nitrogen and oxygen atoms in total. The molecule has 0 aliphatic heterocycles. The van der Waals surface area contributed by atoms with E-state index in [0.29, 0.717) is 16.9 Å². The van der Waals surface area contributed by atoms with Gasteiger partial charge >= 0.3 is 0 Å². The van der Waals surface area contributed by atoms with Gasteiger partial charge in [0.15, 0.2) is 14.6 Å². The Morgan fingerprint density at radius 1 is 1.19 bits per heavy atom. The molecule has 0 radical (unpaired) electrons. The highest BCUT2D eigenvalue weighted by Gasteiger charge is 2.09. The van der Waals surface area contributed by atoms with Crippen molar-refractivity contribution in [1.82, 2.24) is 4.57 Å². The standard InChI is InChI=1S/C19H16N2O3S2/c1-3-12-21-16-6-4-5-7-17(16)25-19(21)20-18(22)13-14-8-10-15(11-9-14)26(2,23)24/h1,4-11H,12-13H2,2H3. The second-order valence-electron chi connectivity index (χ2n) is 5.74. The third-order valence-corrected chi connectivity index (χ3v) is 5.95. The predicted octanol–water partition coefficient (Wildman–Crippen LogP) is 2.41. The van der Waals surface area contributed by atoms with Gasteiger partial charge in [-0.1, -0.05) is 41.5 Å². The van der Waals surface area contributed by atoms with E-state index in [0.717, 1.165) is 16.5 Å². The van der Waals surface area contributed by atoms with Crippen molar-refractivity contribution < 1.29 is 13.2 Å². The lowest BCUT2D eigenvalue weighted by molar-refractivity contribution is -0.117. The molecule has 26 heavy (non-hydrogen) atoms. The largest absolute Gasteiger partial charge is 0.305 e.